The smallest absolute Gasteiger partial charge is 0.404 e. The Bertz CT molecular complexity index is 177. The largest absolute Gasteiger partial charge is 0.442 e. The summed E-state index contributed by atoms with van der Waals surface area (Å²) < 4.78 is 4.65. The van der Waals surface area contributed by atoms with Crippen LogP contribution in [0, 0.1) is 5.41 Å². The van der Waals surface area contributed by atoms with Gasteiger partial charge >= 0.3 is 6.09 Å². The minimum Gasteiger partial charge on any atom is -0.442 e. The maximum atomic E-state index is 10.4. The van der Waals surface area contributed by atoms with E-state index < -0.39 is 18.3 Å². The molecule has 0 unspecified atom stereocenters. The standard InChI is InChI=1S/C8H18N2O3/c1-8(2,3)6(11)5(4-9)13-7(10)12/h5-6,11H,4,9H2,1-3H3,(H2,10,12)/t5-,6+/m0/s1. The number of carbonyl (C=O) groups excluding carboxylic acids is 1. The van der Waals surface area contributed by atoms with Crippen LogP contribution in [0.3, 0.4) is 0 Å². The van der Waals surface area contributed by atoms with Crippen LogP contribution in [0.4, 0.5) is 4.79 Å². The van der Waals surface area contributed by atoms with Crippen LogP contribution in [0.5, 0.6) is 0 Å². The predicted octanol–water partition coefficient (Wildman–Crippen LogP) is -0.184. The highest BCUT2D eigenvalue weighted by Gasteiger charge is 2.31. The summed E-state index contributed by atoms with van der Waals surface area (Å²) in [5, 5.41) is 9.68. The number of nitrogens with two attached hydrogens (primary N) is 2. The molecule has 0 rings (SSSR count). The molecule has 0 spiro atoms. The molecule has 5 nitrogen and oxygen atoms in total. The second kappa shape index (κ2) is 4.43. The lowest BCUT2D eigenvalue weighted by Gasteiger charge is -2.31. The zero-order valence-corrected chi connectivity index (χ0v) is 8.28. The SMILES string of the molecule is CC(C)(C)[C@H](O)[C@H](CN)OC(N)=O. The molecular weight excluding hydrogens is 172 g/mol. The number of hydrogen-bond donors (Lipinski definition) is 3. The first-order valence-corrected chi connectivity index (χ1v) is 4.13. The molecule has 0 aliphatic carbocycles. The van der Waals surface area contributed by atoms with E-state index in [1.165, 1.54) is 0 Å². The number of aliphatic hydroxyl groups excluding tert-OH is 1. The first-order chi connectivity index (χ1) is 5.79. The van der Waals surface area contributed by atoms with Gasteiger partial charge in [-0.05, 0) is 5.41 Å². The fourth-order valence-electron chi connectivity index (χ4n) is 0.948. The van der Waals surface area contributed by atoms with Gasteiger partial charge in [0.25, 0.3) is 0 Å². The van der Waals surface area contributed by atoms with Crippen molar-refractivity contribution >= 4 is 6.09 Å². The van der Waals surface area contributed by atoms with Gasteiger partial charge in [0.2, 0.25) is 0 Å². The van der Waals surface area contributed by atoms with Gasteiger partial charge in [0.15, 0.2) is 0 Å². The van der Waals surface area contributed by atoms with Crippen molar-refractivity contribution in [2.75, 3.05) is 6.54 Å². The summed E-state index contributed by atoms with van der Waals surface area (Å²) in [5.41, 5.74) is 9.76. The lowest BCUT2D eigenvalue weighted by molar-refractivity contribution is -0.0445. The molecule has 0 aromatic heterocycles. The minimum absolute atomic E-state index is 0.0569. The molecule has 2 atom stereocenters. The average Bonchev–Trinajstić information content (AvgIpc) is 1.96. The molecule has 5 N–H and O–H groups in total. The molecule has 0 aliphatic rings. The van der Waals surface area contributed by atoms with E-state index in [0.717, 1.165) is 0 Å². The van der Waals surface area contributed by atoms with Crippen molar-refractivity contribution in [3.63, 3.8) is 0 Å². The molecule has 0 saturated heterocycles. The third-order valence-corrected chi connectivity index (χ3v) is 1.74. The van der Waals surface area contributed by atoms with Gasteiger partial charge in [0.1, 0.15) is 6.10 Å². The van der Waals surface area contributed by atoms with E-state index in [1.54, 1.807) is 0 Å². The predicted molar refractivity (Wildman–Crippen MR) is 49.0 cm³/mol. The van der Waals surface area contributed by atoms with Crippen molar-refractivity contribution in [1.82, 2.24) is 0 Å². The lowest BCUT2D eigenvalue weighted by atomic mass is 9.86. The van der Waals surface area contributed by atoms with Crippen LogP contribution >= 0.6 is 0 Å². The molecule has 0 aliphatic heterocycles. The summed E-state index contributed by atoms with van der Waals surface area (Å²) in [7, 11) is 0. The molecule has 0 heterocycles. The molecule has 0 saturated carbocycles. The van der Waals surface area contributed by atoms with E-state index in [1.807, 2.05) is 20.8 Å². The molecule has 0 bridgehead atoms. The fraction of sp³-hybridized carbons (Fsp3) is 0.875. The number of rotatable bonds is 3. The normalized spacial score (nSPS) is 16.4. The fourth-order valence-corrected chi connectivity index (χ4v) is 0.948. The number of amides is 1. The molecule has 78 valence electrons. The van der Waals surface area contributed by atoms with E-state index in [2.05, 4.69) is 4.74 Å². The Hall–Kier alpha value is -0.810. The van der Waals surface area contributed by atoms with E-state index >= 15 is 0 Å². The Morgan fingerprint density at radius 3 is 2.23 bits per heavy atom. The van der Waals surface area contributed by atoms with Crippen LogP contribution in [0.2, 0.25) is 0 Å². The van der Waals surface area contributed by atoms with Crippen molar-refractivity contribution in [3.05, 3.63) is 0 Å². The summed E-state index contributed by atoms with van der Waals surface area (Å²) in [6, 6.07) is 0. The van der Waals surface area contributed by atoms with Gasteiger partial charge < -0.3 is 21.3 Å². The maximum absolute atomic E-state index is 10.4. The van der Waals surface area contributed by atoms with Crippen LogP contribution in [0.15, 0.2) is 0 Å². The first-order valence-electron chi connectivity index (χ1n) is 4.13. The van der Waals surface area contributed by atoms with Crippen molar-refractivity contribution in [2.24, 2.45) is 16.9 Å². The van der Waals surface area contributed by atoms with E-state index in [-0.39, 0.29) is 12.0 Å². The van der Waals surface area contributed by atoms with Gasteiger partial charge in [0.05, 0.1) is 6.10 Å². The molecule has 1 amide bonds. The highest BCUT2D eigenvalue weighted by Crippen LogP contribution is 2.22. The Labute approximate surface area is 78.0 Å². The number of carbonyl (C=O) groups is 1. The van der Waals surface area contributed by atoms with Gasteiger partial charge in [-0.25, -0.2) is 4.79 Å². The van der Waals surface area contributed by atoms with Crippen LogP contribution in [0.25, 0.3) is 0 Å². The van der Waals surface area contributed by atoms with Crippen LogP contribution in [0.1, 0.15) is 20.8 Å². The van der Waals surface area contributed by atoms with Gasteiger partial charge in [0, 0.05) is 6.54 Å². The van der Waals surface area contributed by atoms with Gasteiger partial charge in [-0.1, -0.05) is 20.8 Å². The second-order valence-corrected chi connectivity index (χ2v) is 4.02. The highest BCUT2D eigenvalue weighted by molar-refractivity contribution is 5.64. The zero-order valence-electron chi connectivity index (χ0n) is 8.28. The Morgan fingerprint density at radius 2 is 2.00 bits per heavy atom. The summed E-state index contributed by atoms with van der Waals surface area (Å²) in [4.78, 5) is 10.4. The quantitative estimate of drug-likeness (QED) is 0.574. The molecule has 0 fully saturated rings. The Morgan fingerprint density at radius 1 is 1.54 bits per heavy atom. The summed E-state index contributed by atoms with van der Waals surface area (Å²) in [6.07, 6.45) is -2.47. The van der Waals surface area contributed by atoms with E-state index in [9.17, 15) is 9.90 Å². The monoisotopic (exact) mass is 190 g/mol. The molecule has 5 heteroatoms. The molecule has 0 aromatic carbocycles. The Balaban J connectivity index is 4.31. The van der Waals surface area contributed by atoms with Crippen molar-refractivity contribution in [2.45, 2.75) is 33.0 Å². The number of ether oxygens (including phenoxy) is 1. The third-order valence-electron chi connectivity index (χ3n) is 1.74. The van der Waals surface area contributed by atoms with Crippen LogP contribution in [-0.2, 0) is 4.74 Å². The van der Waals surface area contributed by atoms with Crippen molar-refractivity contribution in [3.8, 4) is 0 Å². The van der Waals surface area contributed by atoms with E-state index in [0.29, 0.717) is 0 Å². The minimum atomic E-state index is -0.918. The van der Waals surface area contributed by atoms with Gasteiger partial charge in [-0.15, -0.1) is 0 Å². The molecular formula is C8H18N2O3. The average molecular weight is 190 g/mol. The number of aliphatic hydroxyl groups is 1. The number of primary amides is 1. The van der Waals surface area contributed by atoms with Crippen LogP contribution in [-0.4, -0.2) is 30.0 Å². The van der Waals surface area contributed by atoms with Crippen LogP contribution < -0.4 is 11.5 Å². The molecule has 0 aromatic rings. The molecule has 0 radical (unpaired) electrons. The van der Waals surface area contributed by atoms with Gasteiger partial charge in [-0.3, -0.25) is 0 Å². The second-order valence-electron chi connectivity index (χ2n) is 4.02. The maximum Gasteiger partial charge on any atom is 0.404 e. The first kappa shape index (κ1) is 12.2. The van der Waals surface area contributed by atoms with E-state index in [4.69, 9.17) is 11.5 Å². The van der Waals surface area contributed by atoms with Gasteiger partial charge in [-0.2, -0.15) is 0 Å². The van der Waals surface area contributed by atoms with Crippen molar-refractivity contribution in [1.29, 1.82) is 0 Å². The molecule has 13 heavy (non-hydrogen) atoms. The summed E-state index contributed by atoms with van der Waals surface area (Å²) in [5.74, 6) is 0. The topological polar surface area (TPSA) is 98.6 Å². The highest BCUT2D eigenvalue weighted by atomic mass is 16.6. The zero-order chi connectivity index (χ0) is 10.6. The summed E-state index contributed by atoms with van der Waals surface area (Å²) in [6.45, 7) is 5.53. The van der Waals surface area contributed by atoms with Crippen molar-refractivity contribution < 1.29 is 14.6 Å². The lowest BCUT2D eigenvalue weighted by Crippen LogP contribution is -2.45. The summed E-state index contributed by atoms with van der Waals surface area (Å²) >= 11 is 0. The number of hydrogen-bond acceptors (Lipinski definition) is 4. The third kappa shape index (κ3) is 4.10. The Kier molecular flexibility index (Phi) is 4.16.